The van der Waals surface area contributed by atoms with Crippen molar-refractivity contribution in [3.63, 3.8) is 0 Å². The van der Waals surface area contributed by atoms with Crippen LogP contribution in [0.5, 0.6) is 5.88 Å². The topological polar surface area (TPSA) is 88.2 Å². The summed E-state index contributed by atoms with van der Waals surface area (Å²) in [5.41, 5.74) is 2.68. The van der Waals surface area contributed by atoms with Crippen LogP contribution < -0.4 is 15.0 Å². The van der Waals surface area contributed by atoms with Crippen LogP contribution in [0.1, 0.15) is 0 Å². The largest absolute Gasteiger partial charge is 0.480 e. The summed E-state index contributed by atoms with van der Waals surface area (Å²) in [6, 6.07) is 5.88. The minimum atomic E-state index is 0.0935. The van der Waals surface area contributed by atoms with Gasteiger partial charge >= 0.3 is 0 Å². The third-order valence-electron chi connectivity index (χ3n) is 4.52. The van der Waals surface area contributed by atoms with Crippen LogP contribution in [0.3, 0.4) is 0 Å². The van der Waals surface area contributed by atoms with Crippen LogP contribution in [0, 0.1) is 0 Å². The summed E-state index contributed by atoms with van der Waals surface area (Å²) in [6.45, 7) is 1.48. The normalized spacial score (nSPS) is 22.5. The number of nitrogens with one attached hydrogen (secondary N) is 2. The molecule has 122 valence electrons. The SMILES string of the molecule is COc1nccc2[nH]nc(-c3ccnc(N4CC5NC4CO5)c3)c12. The van der Waals surface area contributed by atoms with Crippen molar-refractivity contribution < 1.29 is 9.47 Å². The molecule has 2 bridgehead atoms. The number of aromatic amines is 1. The van der Waals surface area contributed by atoms with Gasteiger partial charge in [-0.3, -0.25) is 10.4 Å². The Bertz CT molecular complexity index is 910. The van der Waals surface area contributed by atoms with Crippen LogP contribution in [-0.4, -0.2) is 52.8 Å². The van der Waals surface area contributed by atoms with E-state index in [2.05, 4.69) is 30.4 Å². The fraction of sp³-hybridized carbons (Fsp3) is 0.312. The lowest BCUT2D eigenvalue weighted by atomic mass is 10.1. The number of rotatable bonds is 3. The van der Waals surface area contributed by atoms with E-state index in [0.29, 0.717) is 12.5 Å². The van der Waals surface area contributed by atoms with Gasteiger partial charge in [-0.25, -0.2) is 9.97 Å². The molecular weight excluding hydrogens is 308 g/mol. The van der Waals surface area contributed by atoms with Crippen molar-refractivity contribution in [2.75, 3.05) is 25.2 Å². The number of hydrogen-bond donors (Lipinski definition) is 2. The van der Waals surface area contributed by atoms with Crippen molar-refractivity contribution in [2.45, 2.75) is 12.4 Å². The maximum Gasteiger partial charge on any atom is 0.224 e. The Morgan fingerprint density at radius 3 is 3.00 bits per heavy atom. The second kappa shape index (κ2) is 5.15. The van der Waals surface area contributed by atoms with Crippen LogP contribution in [-0.2, 0) is 4.74 Å². The van der Waals surface area contributed by atoms with Crippen molar-refractivity contribution in [3.8, 4) is 17.1 Å². The molecule has 3 aromatic heterocycles. The molecule has 3 aromatic rings. The van der Waals surface area contributed by atoms with Crippen molar-refractivity contribution in [1.82, 2.24) is 25.5 Å². The molecule has 2 aliphatic heterocycles. The van der Waals surface area contributed by atoms with E-state index in [1.54, 1.807) is 19.5 Å². The first-order valence-electron chi connectivity index (χ1n) is 7.81. The van der Waals surface area contributed by atoms with E-state index >= 15 is 0 Å². The quantitative estimate of drug-likeness (QED) is 0.746. The van der Waals surface area contributed by atoms with Gasteiger partial charge in [0.05, 0.1) is 31.2 Å². The number of aromatic nitrogens is 4. The number of nitrogens with zero attached hydrogens (tertiary/aromatic N) is 4. The summed E-state index contributed by atoms with van der Waals surface area (Å²) in [5.74, 6) is 1.47. The lowest BCUT2D eigenvalue weighted by Crippen LogP contribution is -2.38. The molecule has 0 amide bonds. The van der Waals surface area contributed by atoms with Crippen molar-refractivity contribution in [3.05, 3.63) is 30.6 Å². The van der Waals surface area contributed by atoms with Gasteiger partial charge in [-0.15, -0.1) is 0 Å². The molecule has 2 unspecified atom stereocenters. The van der Waals surface area contributed by atoms with E-state index in [4.69, 9.17) is 9.47 Å². The summed E-state index contributed by atoms with van der Waals surface area (Å²) < 4.78 is 11.0. The third-order valence-corrected chi connectivity index (χ3v) is 4.52. The number of ether oxygens (including phenoxy) is 2. The number of pyridine rings is 2. The van der Waals surface area contributed by atoms with E-state index in [9.17, 15) is 0 Å². The number of H-pyrrole nitrogens is 1. The minimum Gasteiger partial charge on any atom is -0.480 e. The molecule has 0 spiro atoms. The Hall–Kier alpha value is -2.71. The van der Waals surface area contributed by atoms with Crippen LogP contribution in [0.25, 0.3) is 22.2 Å². The summed E-state index contributed by atoms with van der Waals surface area (Å²) in [5, 5.41) is 11.8. The molecule has 8 heteroatoms. The van der Waals surface area contributed by atoms with Crippen LogP contribution >= 0.6 is 0 Å². The van der Waals surface area contributed by atoms with Crippen LogP contribution in [0.15, 0.2) is 30.6 Å². The predicted octanol–water partition coefficient (Wildman–Crippen LogP) is 1.12. The number of anilines is 1. The highest BCUT2D eigenvalue weighted by Gasteiger charge is 2.39. The fourth-order valence-corrected chi connectivity index (χ4v) is 3.39. The van der Waals surface area contributed by atoms with Gasteiger partial charge in [0, 0.05) is 18.0 Å². The molecule has 0 radical (unpaired) electrons. The number of fused-ring (bicyclic) bond motifs is 3. The summed E-state index contributed by atoms with van der Waals surface area (Å²) in [6.07, 6.45) is 3.79. The van der Waals surface area contributed by atoms with Crippen molar-refractivity contribution in [2.24, 2.45) is 0 Å². The first kappa shape index (κ1) is 13.7. The maximum atomic E-state index is 5.57. The molecule has 5 rings (SSSR count). The minimum absolute atomic E-state index is 0.0935. The van der Waals surface area contributed by atoms with E-state index in [1.165, 1.54) is 0 Å². The van der Waals surface area contributed by atoms with Crippen molar-refractivity contribution >= 4 is 16.7 Å². The van der Waals surface area contributed by atoms with E-state index in [0.717, 1.165) is 34.5 Å². The number of methoxy groups -OCH3 is 1. The van der Waals surface area contributed by atoms with Gasteiger partial charge < -0.3 is 14.4 Å². The van der Waals surface area contributed by atoms with Gasteiger partial charge in [0.2, 0.25) is 5.88 Å². The van der Waals surface area contributed by atoms with E-state index < -0.39 is 0 Å². The Morgan fingerprint density at radius 2 is 2.21 bits per heavy atom. The average Bonchev–Trinajstić information content (AvgIpc) is 3.36. The van der Waals surface area contributed by atoms with Gasteiger partial charge in [0.15, 0.2) is 0 Å². The molecule has 2 fully saturated rings. The molecule has 2 atom stereocenters. The Balaban J connectivity index is 1.59. The fourth-order valence-electron chi connectivity index (χ4n) is 3.39. The van der Waals surface area contributed by atoms with Gasteiger partial charge in [0.1, 0.15) is 23.9 Å². The lowest BCUT2D eigenvalue weighted by Gasteiger charge is -2.26. The van der Waals surface area contributed by atoms with Gasteiger partial charge in [-0.05, 0) is 18.2 Å². The highest BCUT2D eigenvalue weighted by Crippen LogP contribution is 2.33. The molecular formula is C16H16N6O2. The smallest absolute Gasteiger partial charge is 0.224 e. The Morgan fingerprint density at radius 1 is 1.29 bits per heavy atom. The molecule has 24 heavy (non-hydrogen) atoms. The molecule has 2 N–H and O–H groups in total. The van der Waals surface area contributed by atoms with Crippen LogP contribution in [0.2, 0.25) is 0 Å². The van der Waals surface area contributed by atoms with E-state index in [1.807, 2.05) is 18.2 Å². The molecule has 2 aliphatic rings. The maximum absolute atomic E-state index is 5.57. The highest BCUT2D eigenvalue weighted by molar-refractivity contribution is 5.96. The highest BCUT2D eigenvalue weighted by atomic mass is 16.5. The molecule has 0 aliphatic carbocycles. The first-order chi connectivity index (χ1) is 11.8. The number of hydrogen-bond acceptors (Lipinski definition) is 7. The van der Waals surface area contributed by atoms with Crippen LogP contribution in [0.4, 0.5) is 5.82 Å². The summed E-state index contributed by atoms with van der Waals surface area (Å²) in [4.78, 5) is 11.0. The molecule has 2 saturated heterocycles. The molecule has 8 nitrogen and oxygen atoms in total. The monoisotopic (exact) mass is 324 g/mol. The molecule has 0 aromatic carbocycles. The Labute approximate surface area is 137 Å². The van der Waals surface area contributed by atoms with Crippen molar-refractivity contribution in [1.29, 1.82) is 0 Å². The second-order valence-electron chi connectivity index (χ2n) is 5.87. The van der Waals surface area contributed by atoms with E-state index in [-0.39, 0.29) is 12.4 Å². The third kappa shape index (κ3) is 1.97. The zero-order valence-corrected chi connectivity index (χ0v) is 13.1. The summed E-state index contributed by atoms with van der Waals surface area (Å²) in [7, 11) is 1.61. The molecule has 0 saturated carbocycles. The zero-order chi connectivity index (χ0) is 16.1. The number of morpholine rings is 1. The molecule has 5 heterocycles. The average molecular weight is 324 g/mol. The first-order valence-corrected chi connectivity index (χ1v) is 7.81. The second-order valence-corrected chi connectivity index (χ2v) is 5.87. The Kier molecular flexibility index (Phi) is 2.94. The predicted molar refractivity (Wildman–Crippen MR) is 87.7 cm³/mol. The zero-order valence-electron chi connectivity index (χ0n) is 13.1. The summed E-state index contributed by atoms with van der Waals surface area (Å²) >= 11 is 0. The van der Waals surface area contributed by atoms with Gasteiger partial charge in [0.25, 0.3) is 0 Å². The van der Waals surface area contributed by atoms with Gasteiger partial charge in [-0.1, -0.05) is 0 Å². The van der Waals surface area contributed by atoms with Gasteiger partial charge in [-0.2, -0.15) is 5.10 Å². The standard InChI is InChI=1S/C16H16N6O2/c1-23-16-14-10(3-5-18-16)20-21-15(14)9-2-4-17-11(6-9)22-7-13-19-12(22)8-24-13/h2-6,12-13,19H,7-8H2,1H3,(H,20,21). The lowest BCUT2D eigenvalue weighted by molar-refractivity contribution is 0.0934.